The zero-order chi connectivity index (χ0) is 20.3. The number of nitrogens with one attached hydrogen (secondary N) is 1. The number of aromatic nitrogens is 2. The maximum absolute atomic E-state index is 12.4. The number of rotatable bonds is 4. The number of hydrogen-bond acceptors (Lipinski definition) is 5. The summed E-state index contributed by atoms with van der Waals surface area (Å²) in [5.74, 6) is 0.0699. The summed E-state index contributed by atoms with van der Waals surface area (Å²) in [5, 5.41) is 3.02. The van der Waals surface area contributed by atoms with Gasteiger partial charge in [-0.15, -0.1) is 0 Å². The van der Waals surface area contributed by atoms with Crippen LogP contribution in [-0.4, -0.2) is 63.4 Å². The first-order valence-electron chi connectivity index (χ1n) is 9.94. The van der Waals surface area contributed by atoms with Gasteiger partial charge in [0.15, 0.2) is 0 Å². The van der Waals surface area contributed by atoms with Crippen LogP contribution < -0.4 is 10.9 Å². The molecule has 2 aromatic rings. The molecule has 1 aliphatic heterocycles. The Balaban J connectivity index is 1.60. The van der Waals surface area contributed by atoms with E-state index in [1.54, 1.807) is 10.5 Å². The third-order valence-electron chi connectivity index (χ3n) is 4.81. The largest absolute Gasteiger partial charge is 0.350 e. The van der Waals surface area contributed by atoms with Crippen LogP contribution in [0.1, 0.15) is 38.4 Å². The third-order valence-corrected chi connectivity index (χ3v) is 4.81. The van der Waals surface area contributed by atoms with Gasteiger partial charge in [-0.25, -0.2) is 4.98 Å². The first-order chi connectivity index (χ1) is 13.2. The van der Waals surface area contributed by atoms with Crippen LogP contribution in [0.15, 0.2) is 29.2 Å². The van der Waals surface area contributed by atoms with E-state index in [2.05, 4.69) is 20.1 Å². The molecule has 0 saturated carbocycles. The smallest absolute Gasteiger partial charge is 0.258 e. The van der Waals surface area contributed by atoms with Crippen LogP contribution in [0.25, 0.3) is 5.65 Å². The Bertz CT molecular complexity index is 900. The summed E-state index contributed by atoms with van der Waals surface area (Å²) in [4.78, 5) is 33.8. The second-order valence-electron chi connectivity index (χ2n) is 8.72. The van der Waals surface area contributed by atoms with Gasteiger partial charge in [0.2, 0.25) is 5.91 Å². The molecule has 0 bridgehead atoms. The van der Waals surface area contributed by atoms with Gasteiger partial charge in [-0.1, -0.05) is 6.07 Å². The molecule has 2 aromatic heterocycles. The van der Waals surface area contributed by atoms with Crippen molar-refractivity contribution in [2.24, 2.45) is 0 Å². The van der Waals surface area contributed by atoms with Crippen LogP contribution in [0.2, 0.25) is 0 Å². The molecule has 3 heterocycles. The van der Waals surface area contributed by atoms with Crippen molar-refractivity contribution in [2.75, 3.05) is 32.7 Å². The quantitative estimate of drug-likeness (QED) is 0.862. The molecular weight excluding hydrogens is 354 g/mol. The van der Waals surface area contributed by atoms with Crippen molar-refractivity contribution in [3.05, 3.63) is 46.0 Å². The topological polar surface area (TPSA) is 70.0 Å². The number of amides is 1. The van der Waals surface area contributed by atoms with Crippen molar-refractivity contribution < 1.29 is 4.79 Å². The molecule has 152 valence electrons. The number of fused-ring (bicyclic) bond motifs is 1. The van der Waals surface area contributed by atoms with Crippen molar-refractivity contribution in [1.29, 1.82) is 0 Å². The summed E-state index contributed by atoms with van der Waals surface area (Å²) in [6.45, 7) is 12.6. The predicted octanol–water partition coefficient (Wildman–Crippen LogP) is 1.43. The molecule has 1 N–H and O–H groups in total. The lowest BCUT2D eigenvalue weighted by molar-refractivity contribution is -0.123. The number of hydrogen-bond donors (Lipinski definition) is 1. The van der Waals surface area contributed by atoms with E-state index in [4.69, 9.17) is 0 Å². The fraction of sp³-hybridized carbons (Fsp3) is 0.571. The van der Waals surface area contributed by atoms with E-state index in [9.17, 15) is 9.59 Å². The first-order valence-corrected chi connectivity index (χ1v) is 9.94. The van der Waals surface area contributed by atoms with Gasteiger partial charge >= 0.3 is 0 Å². The minimum Gasteiger partial charge on any atom is -0.350 e. The highest BCUT2D eigenvalue weighted by molar-refractivity contribution is 5.78. The van der Waals surface area contributed by atoms with Crippen molar-refractivity contribution >= 4 is 11.6 Å². The molecule has 7 nitrogen and oxygen atoms in total. The lowest BCUT2D eigenvalue weighted by Crippen LogP contribution is -2.46. The Labute approximate surface area is 166 Å². The van der Waals surface area contributed by atoms with E-state index in [1.807, 2.05) is 46.0 Å². The van der Waals surface area contributed by atoms with Gasteiger partial charge < -0.3 is 5.32 Å². The molecule has 1 fully saturated rings. The Hall–Kier alpha value is -2.25. The van der Waals surface area contributed by atoms with Crippen LogP contribution in [0.3, 0.4) is 0 Å². The molecule has 28 heavy (non-hydrogen) atoms. The zero-order valence-corrected chi connectivity index (χ0v) is 17.4. The average molecular weight is 386 g/mol. The molecule has 3 rings (SSSR count). The summed E-state index contributed by atoms with van der Waals surface area (Å²) >= 11 is 0. The molecule has 0 aliphatic carbocycles. The van der Waals surface area contributed by atoms with E-state index >= 15 is 0 Å². The maximum Gasteiger partial charge on any atom is 0.258 e. The maximum atomic E-state index is 12.4. The highest BCUT2D eigenvalue weighted by atomic mass is 16.2. The predicted molar refractivity (Wildman–Crippen MR) is 110 cm³/mol. The second kappa shape index (κ2) is 8.41. The monoisotopic (exact) mass is 385 g/mol. The summed E-state index contributed by atoms with van der Waals surface area (Å²) in [7, 11) is 0. The summed E-state index contributed by atoms with van der Waals surface area (Å²) < 4.78 is 1.59. The number of carbonyl (C=O) groups is 1. The molecule has 1 saturated heterocycles. The molecule has 0 unspecified atom stereocenters. The molecule has 1 amide bonds. The summed E-state index contributed by atoms with van der Waals surface area (Å²) in [6, 6.07) is 5.49. The van der Waals surface area contributed by atoms with Crippen molar-refractivity contribution in [2.45, 2.75) is 46.2 Å². The SMILES string of the molecule is Cc1ccc2nc(CN3CCCN(CC(=O)NC(C)(C)C)CC3)cc(=O)n2c1. The van der Waals surface area contributed by atoms with Gasteiger partial charge in [0.05, 0.1) is 12.2 Å². The molecule has 7 heteroatoms. The molecule has 0 atom stereocenters. The Morgan fingerprint density at radius 2 is 1.86 bits per heavy atom. The van der Waals surface area contributed by atoms with Crippen LogP contribution in [0.5, 0.6) is 0 Å². The fourth-order valence-electron chi connectivity index (χ4n) is 3.57. The van der Waals surface area contributed by atoms with Gasteiger partial charge in [-0.3, -0.25) is 23.8 Å². The lowest BCUT2D eigenvalue weighted by atomic mass is 10.1. The Kier molecular flexibility index (Phi) is 6.15. The first kappa shape index (κ1) is 20.5. The number of carbonyl (C=O) groups excluding carboxylic acids is 1. The third kappa shape index (κ3) is 5.62. The Morgan fingerprint density at radius 1 is 1.14 bits per heavy atom. The summed E-state index contributed by atoms with van der Waals surface area (Å²) in [6.07, 6.45) is 2.81. The van der Waals surface area contributed by atoms with Crippen LogP contribution in [-0.2, 0) is 11.3 Å². The van der Waals surface area contributed by atoms with Gasteiger partial charge in [-0.2, -0.15) is 0 Å². The molecule has 0 radical (unpaired) electrons. The number of nitrogens with zero attached hydrogens (tertiary/aromatic N) is 4. The van der Waals surface area contributed by atoms with Crippen LogP contribution in [0.4, 0.5) is 0 Å². The van der Waals surface area contributed by atoms with Gasteiger partial charge in [-0.05, 0) is 58.8 Å². The molecular formula is C21H31N5O2. The average Bonchev–Trinajstić information content (AvgIpc) is 2.79. The summed E-state index contributed by atoms with van der Waals surface area (Å²) in [5.41, 5.74) is 2.27. The van der Waals surface area contributed by atoms with Crippen molar-refractivity contribution in [3.8, 4) is 0 Å². The van der Waals surface area contributed by atoms with Gasteiger partial charge in [0.25, 0.3) is 5.56 Å². The highest BCUT2D eigenvalue weighted by Crippen LogP contribution is 2.09. The van der Waals surface area contributed by atoms with Gasteiger partial charge in [0, 0.05) is 37.4 Å². The molecule has 0 aromatic carbocycles. The fourth-order valence-corrected chi connectivity index (χ4v) is 3.57. The number of pyridine rings is 1. The van der Waals surface area contributed by atoms with Crippen molar-refractivity contribution in [3.63, 3.8) is 0 Å². The van der Waals surface area contributed by atoms with E-state index in [-0.39, 0.29) is 17.0 Å². The van der Waals surface area contributed by atoms with Crippen molar-refractivity contribution in [1.82, 2.24) is 24.5 Å². The van der Waals surface area contributed by atoms with E-state index in [1.165, 1.54) is 0 Å². The lowest BCUT2D eigenvalue weighted by Gasteiger charge is -2.25. The van der Waals surface area contributed by atoms with Crippen LogP contribution >= 0.6 is 0 Å². The highest BCUT2D eigenvalue weighted by Gasteiger charge is 2.20. The van der Waals surface area contributed by atoms with E-state index in [0.29, 0.717) is 18.7 Å². The molecule has 0 spiro atoms. The Morgan fingerprint density at radius 3 is 2.61 bits per heavy atom. The second-order valence-corrected chi connectivity index (χ2v) is 8.72. The zero-order valence-electron chi connectivity index (χ0n) is 17.4. The normalized spacial score (nSPS) is 16.9. The van der Waals surface area contributed by atoms with E-state index in [0.717, 1.165) is 43.9 Å². The number of aryl methyl sites for hydroxylation is 1. The van der Waals surface area contributed by atoms with Gasteiger partial charge in [0.1, 0.15) is 5.65 Å². The molecule has 1 aliphatic rings. The van der Waals surface area contributed by atoms with E-state index < -0.39 is 0 Å². The standard InChI is InChI=1S/C21H31N5O2/c1-16-6-7-18-22-17(12-20(28)26(18)13-16)14-24-8-5-9-25(11-10-24)15-19(27)23-21(2,3)4/h6-7,12-13H,5,8-11,14-15H2,1-4H3,(H,23,27). The minimum atomic E-state index is -0.205. The minimum absolute atomic E-state index is 0.0426. The van der Waals surface area contributed by atoms with Crippen LogP contribution in [0, 0.1) is 6.92 Å².